The van der Waals surface area contributed by atoms with Crippen LogP contribution in [0.25, 0.3) is 0 Å². The average Bonchev–Trinajstić information content (AvgIpc) is 2.86. The molecule has 1 heterocycles. The fraction of sp³-hybridized carbons (Fsp3) is 0.250. The van der Waals surface area contributed by atoms with Crippen molar-refractivity contribution >= 4 is 5.69 Å². The molecule has 0 fully saturated rings. The van der Waals surface area contributed by atoms with Gasteiger partial charge in [0.25, 0.3) is 0 Å². The topological polar surface area (TPSA) is 49.9 Å². The molecule has 1 atom stereocenters. The number of nitrogens with one attached hydrogen (secondary N) is 2. The molecule has 0 saturated carbocycles. The summed E-state index contributed by atoms with van der Waals surface area (Å²) in [6.07, 6.45) is 1.60. The lowest BCUT2D eigenvalue weighted by molar-refractivity contribution is -0.0521. The molecule has 2 N–H and O–H groups in total. The number of hydrogen-bond donors (Lipinski definition) is 2. The zero-order chi connectivity index (χ0) is 13.8. The van der Waals surface area contributed by atoms with Crippen LogP contribution in [-0.2, 0) is 0 Å². The first-order chi connectivity index (χ1) is 9.06. The van der Waals surface area contributed by atoms with E-state index in [1.165, 1.54) is 6.07 Å². The zero-order valence-electron chi connectivity index (χ0n) is 10.0. The van der Waals surface area contributed by atoms with Crippen molar-refractivity contribution in [3.8, 4) is 5.75 Å². The van der Waals surface area contributed by atoms with Gasteiger partial charge in [-0.25, -0.2) is 4.39 Å². The van der Waals surface area contributed by atoms with Crippen LogP contribution in [0.2, 0.25) is 0 Å². The summed E-state index contributed by atoms with van der Waals surface area (Å²) in [5.74, 6) is -1.32. The summed E-state index contributed by atoms with van der Waals surface area (Å²) in [6.45, 7) is -1.19. The van der Waals surface area contributed by atoms with Crippen molar-refractivity contribution < 1.29 is 17.9 Å². The molecule has 4 nitrogen and oxygen atoms in total. The molecule has 0 bridgehead atoms. The summed E-state index contributed by atoms with van der Waals surface area (Å²) < 4.78 is 41.5. The van der Waals surface area contributed by atoms with E-state index in [1.807, 2.05) is 6.92 Å². The van der Waals surface area contributed by atoms with E-state index in [2.05, 4.69) is 20.3 Å². The Hall–Kier alpha value is -2.18. The minimum absolute atomic E-state index is 0.122. The molecule has 0 amide bonds. The van der Waals surface area contributed by atoms with Crippen LogP contribution in [0, 0.1) is 5.82 Å². The highest BCUT2D eigenvalue weighted by Gasteiger charge is 2.12. The second kappa shape index (κ2) is 5.64. The predicted octanol–water partition coefficient (Wildman–Crippen LogP) is 3.32. The SMILES string of the molecule is CC(Nc1ccc(OC(F)F)c(F)c1)c1ccn[nH]1. The van der Waals surface area contributed by atoms with E-state index in [1.54, 1.807) is 12.3 Å². The van der Waals surface area contributed by atoms with Gasteiger partial charge in [0, 0.05) is 18.0 Å². The van der Waals surface area contributed by atoms with Crippen LogP contribution in [0.4, 0.5) is 18.9 Å². The zero-order valence-corrected chi connectivity index (χ0v) is 10.0. The van der Waals surface area contributed by atoms with Gasteiger partial charge >= 0.3 is 6.61 Å². The third-order valence-corrected chi connectivity index (χ3v) is 2.52. The molecule has 2 aromatic rings. The maximum Gasteiger partial charge on any atom is 0.387 e. The van der Waals surface area contributed by atoms with E-state index >= 15 is 0 Å². The van der Waals surface area contributed by atoms with Gasteiger partial charge in [0.1, 0.15) is 0 Å². The molecule has 0 spiro atoms. The first kappa shape index (κ1) is 13.3. The van der Waals surface area contributed by atoms with Crippen LogP contribution in [0.3, 0.4) is 0 Å². The third-order valence-electron chi connectivity index (χ3n) is 2.52. The number of ether oxygens (including phenoxy) is 1. The lowest BCUT2D eigenvalue weighted by atomic mass is 10.2. The Bertz CT molecular complexity index is 531. The molecule has 102 valence electrons. The first-order valence-electron chi connectivity index (χ1n) is 5.56. The first-order valence-corrected chi connectivity index (χ1v) is 5.56. The lowest BCUT2D eigenvalue weighted by Gasteiger charge is -2.14. The van der Waals surface area contributed by atoms with Gasteiger partial charge in [-0.15, -0.1) is 0 Å². The number of nitrogens with zero attached hydrogens (tertiary/aromatic N) is 1. The van der Waals surface area contributed by atoms with E-state index in [0.717, 1.165) is 17.8 Å². The number of hydrogen-bond acceptors (Lipinski definition) is 3. The molecule has 1 aromatic carbocycles. The monoisotopic (exact) mass is 271 g/mol. The van der Waals surface area contributed by atoms with Crippen molar-refractivity contribution in [1.82, 2.24) is 10.2 Å². The number of aromatic amines is 1. The van der Waals surface area contributed by atoms with Crippen LogP contribution in [0.15, 0.2) is 30.5 Å². The van der Waals surface area contributed by atoms with Gasteiger partial charge in [-0.3, -0.25) is 5.10 Å². The molecule has 19 heavy (non-hydrogen) atoms. The smallest absolute Gasteiger partial charge is 0.387 e. The molecule has 0 aliphatic rings. The number of alkyl halides is 2. The molecule has 0 radical (unpaired) electrons. The average molecular weight is 271 g/mol. The van der Waals surface area contributed by atoms with Gasteiger partial charge in [0.15, 0.2) is 11.6 Å². The second-order valence-electron chi connectivity index (χ2n) is 3.90. The number of rotatable bonds is 5. The van der Waals surface area contributed by atoms with Gasteiger partial charge < -0.3 is 10.1 Å². The van der Waals surface area contributed by atoms with Gasteiger partial charge in [0.05, 0.1) is 11.7 Å². The highest BCUT2D eigenvalue weighted by atomic mass is 19.3. The molecular formula is C12H12F3N3O. The largest absolute Gasteiger partial charge is 0.432 e. The van der Waals surface area contributed by atoms with Crippen LogP contribution in [-0.4, -0.2) is 16.8 Å². The molecule has 0 aliphatic carbocycles. The molecule has 0 aliphatic heterocycles. The molecule has 1 unspecified atom stereocenters. The van der Waals surface area contributed by atoms with E-state index in [-0.39, 0.29) is 6.04 Å². The molecule has 7 heteroatoms. The summed E-state index contributed by atoms with van der Waals surface area (Å²) in [4.78, 5) is 0. The van der Waals surface area contributed by atoms with Crippen molar-refractivity contribution in [2.45, 2.75) is 19.6 Å². The quantitative estimate of drug-likeness (QED) is 0.877. The summed E-state index contributed by atoms with van der Waals surface area (Å²) in [7, 11) is 0. The second-order valence-corrected chi connectivity index (χ2v) is 3.90. The van der Waals surface area contributed by atoms with E-state index in [4.69, 9.17) is 0 Å². The standard InChI is InChI=1S/C12H12F3N3O/c1-7(10-4-5-16-18-10)17-8-2-3-11(9(13)6-8)19-12(14)15/h2-7,12,17H,1H3,(H,16,18). The van der Waals surface area contributed by atoms with Crippen molar-refractivity contribution in [3.05, 3.63) is 42.0 Å². The van der Waals surface area contributed by atoms with Crippen LogP contribution < -0.4 is 10.1 Å². The maximum absolute atomic E-state index is 13.5. The fourth-order valence-electron chi connectivity index (χ4n) is 1.62. The minimum Gasteiger partial charge on any atom is -0.432 e. The normalized spacial score (nSPS) is 12.5. The Kier molecular flexibility index (Phi) is 3.94. The van der Waals surface area contributed by atoms with Crippen LogP contribution in [0.5, 0.6) is 5.75 Å². The van der Waals surface area contributed by atoms with E-state index in [9.17, 15) is 13.2 Å². The summed E-state index contributed by atoms with van der Waals surface area (Å²) >= 11 is 0. The summed E-state index contributed by atoms with van der Waals surface area (Å²) in [5.41, 5.74) is 1.29. The van der Waals surface area contributed by atoms with E-state index in [0.29, 0.717) is 5.69 Å². The third kappa shape index (κ3) is 3.40. The Balaban J connectivity index is 2.07. The molecule has 2 rings (SSSR count). The Morgan fingerprint density at radius 3 is 2.68 bits per heavy atom. The minimum atomic E-state index is -3.04. The summed E-state index contributed by atoms with van der Waals surface area (Å²) in [6, 6.07) is 5.38. The lowest BCUT2D eigenvalue weighted by Crippen LogP contribution is -2.08. The van der Waals surface area contributed by atoms with Gasteiger partial charge in [-0.1, -0.05) is 0 Å². The highest BCUT2D eigenvalue weighted by molar-refractivity contribution is 5.48. The van der Waals surface area contributed by atoms with Crippen molar-refractivity contribution in [1.29, 1.82) is 0 Å². The predicted molar refractivity (Wildman–Crippen MR) is 63.7 cm³/mol. The van der Waals surface area contributed by atoms with Gasteiger partial charge in [-0.05, 0) is 25.1 Å². The Morgan fingerprint density at radius 1 is 1.32 bits per heavy atom. The molecule has 1 aromatic heterocycles. The number of benzene rings is 1. The molecular weight excluding hydrogens is 259 g/mol. The highest BCUT2D eigenvalue weighted by Crippen LogP contribution is 2.25. The maximum atomic E-state index is 13.5. The number of halogens is 3. The van der Waals surface area contributed by atoms with E-state index < -0.39 is 18.2 Å². The number of anilines is 1. The van der Waals surface area contributed by atoms with Gasteiger partial charge in [0.2, 0.25) is 0 Å². The number of aromatic nitrogens is 2. The van der Waals surface area contributed by atoms with Crippen LogP contribution >= 0.6 is 0 Å². The van der Waals surface area contributed by atoms with Crippen molar-refractivity contribution in [2.75, 3.05) is 5.32 Å². The fourth-order valence-corrected chi connectivity index (χ4v) is 1.62. The van der Waals surface area contributed by atoms with Crippen molar-refractivity contribution in [2.24, 2.45) is 0 Å². The molecule has 0 saturated heterocycles. The Morgan fingerprint density at radius 2 is 2.11 bits per heavy atom. The Labute approximate surface area is 107 Å². The van der Waals surface area contributed by atoms with Crippen molar-refractivity contribution in [3.63, 3.8) is 0 Å². The number of H-pyrrole nitrogens is 1. The summed E-state index contributed by atoms with van der Waals surface area (Å²) in [5, 5.41) is 9.60. The van der Waals surface area contributed by atoms with Gasteiger partial charge in [-0.2, -0.15) is 13.9 Å². The van der Waals surface area contributed by atoms with Crippen LogP contribution in [0.1, 0.15) is 18.7 Å².